The molecule has 1 unspecified atom stereocenters. The predicted molar refractivity (Wildman–Crippen MR) is 50.6 cm³/mol. The molecule has 1 atom stereocenters. The van der Waals surface area contributed by atoms with Gasteiger partial charge in [0.05, 0.1) is 5.56 Å². The van der Waals surface area contributed by atoms with Crippen LogP contribution in [0.4, 0.5) is 8.78 Å². The average Bonchev–Trinajstić information content (AvgIpc) is 2.15. The molecule has 0 saturated heterocycles. The van der Waals surface area contributed by atoms with Crippen LogP contribution in [0.25, 0.3) is 0 Å². The lowest BCUT2D eigenvalue weighted by Gasteiger charge is -2.06. The number of halogens is 3. The van der Waals surface area contributed by atoms with E-state index < -0.39 is 23.3 Å². The Balaban J connectivity index is 3.02. The van der Waals surface area contributed by atoms with Crippen molar-refractivity contribution in [2.24, 2.45) is 5.92 Å². The summed E-state index contributed by atoms with van der Waals surface area (Å²) in [5, 5.41) is 0. The largest absolute Gasteiger partial charge is 0.294 e. The van der Waals surface area contributed by atoms with E-state index in [9.17, 15) is 13.6 Å². The number of hydrogen-bond acceptors (Lipinski definition) is 1. The zero-order chi connectivity index (χ0) is 10.7. The van der Waals surface area contributed by atoms with E-state index in [2.05, 4.69) is 0 Å². The monoisotopic (exact) mass is 218 g/mol. The normalized spacial score (nSPS) is 12.6. The summed E-state index contributed by atoms with van der Waals surface area (Å²) in [5.74, 6) is -2.28. The van der Waals surface area contributed by atoms with Crippen LogP contribution in [0.3, 0.4) is 0 Å². The number of carbonyl (C=O) groups excluding carboxylic acids is 1. The lowest BCUT2D eigenvalue weighted by Crippen LogP contribution is -2.14. The van der Waals surface area contributed by atoms with Crippen molar-refractivity contribution in [2.45, 2.75) is 6.92 Å². The highest BCUT2D eigenvalue weighted by Gasteiger charge is 2.17. The van der Waals surface area contributed by atoms with Gasteiger partial charge < -0.3 is 0 Å². The smallest absolute Gasteiger partial charge is 0.169 e. The summed E-state index contributed by atoms with van der Waals surface area (Å²) in [5.41, 5.74) is -0.112. The van der Waals surface area contributed by atoms with Crippen LogP contribution in [0.2, 0.25) is 0 Å². The molecule has 4 heteroatoms. The Bertz CT molecular complexity index is 352. The Labute approximate surface area is 85.7 Å². The molecule has 0 aliphatic heterocycles. The second kappa shape index (κ2) is 4.51. The topological polar surface area (TPSA) is 17.1 Å². The Hall–Kier alpha value is -0.960. The molecule has 0 N–H and O–H groups in total. The lowest BCUT2D eigenvalue weighted by atomic mass is 10.0. The Kier molecular flexibility index (Phi) is 3.58. The molecule has 0 amide bonds. The molecule has 76 valence electrons. The molecular weight excluding hydrogens is 210 g/mol. The van der Waals surface area contributed by atoms with E-state index in [0.717, 1.165) is 12.1 Å². The molecule has 0 bridgehead atoms. The van der Waals surface area contributed by atoms with E-state index in [1.54, 1.807) is 6.92 Å². The third-order valence-corrected chi connectivity index (χ3v) is 2.34. The Morgan fingerprint density at radius 2 is 2.14 bits per heavy atom. The minimum atomic E-state index is -0.841. The SMILES string of the molecule is CC(CCl)C(=O)c1ccc(F)cc1F. The van der Waals surface area contributed by atoms with Crippen LogP contribution in [0.15, 0.2) is 18.2 Å². The van der Waals surface area contributed by atoms with Gasteiger partial charge in [-0.2, -0.15) is 0 Å². The van der Waals surface area contributed by atoms with Gasteiger partial charge in [0.25, 0.3) is 0 Å². The van der Waals surface area contributed by atoms with Crippen LogP contribution < -0.4 is 0 Å². The Morgan fingerprint density at radius 1 is 1.50 bits per heavy atom. The molecule has 0 fully saturated rings. The summed E-state index contributed by atoms with van der Waals surface area (Å²) in [4.78, 5) is 11.5. The van der Waals surface area contributed by atoms with E-state index in [1.807, 2.05) is 0 Å². The number of benzene rings is 1. The molecule has 1 aromatic rings. The molecule has 0 aromatic heterocycles. The highest BCUT2D eigenvalue weighted by molar-refractivity contribution is 6.20. The molecule has 14 heavy (non-hydrogen) atoms. The van der Waals surface area contributed by atoms with Crippen LogP contribution in [-0.4, -0.2) is 11.7 Å². The van der Waals surface area contributed by atoms with Gasteiger partial charge in [0.1, 0.15) is 11.6 Å². The maximum Gasteiger partial charge on any atom is 0.169 e. The number of rotatable bonds is 3. The van der Waals surface area contributed by atoms with Crippen molar-refractivity contribution in [1.29, 1.82) is 0 Å². The van der Waals surface area contributed by atoms with E-state index in [1.165, 1.54) is 0 Å². The fraction of sp³-hybridized carbons (Fsp3) is 0.300. The maximum atomic E-state index is 13.1. The van der Waals surface area contributed by atoms with Gasteiger partial charge in [-0.05, 0) is 12.1 Å². The van der Waals surface area contributed by atoms with Gasteiger partial charge in [-0.3, -0.25) is 4.79 Å². The molecule has 0 heterocycles. The van der Waals surface area contributed by atoms with Gasteiger partial charge in [-0.25, -0.2) is 8.78 Å². The third kappa shape index (κ3) is 2.29. The number of alkyl halides is 1. The standard InChI is InChI=1S/C10H9ClF2O/c1-6(5-11)10(14)8-3-2-7(12)4-9(8)13/h2-4,6H,5H2,1H3. The molecule has 0 radical (unpaired) electrons. The van der Waals surface area contributed by atoms with Crippen LogP contribution in [0.1, 0.15) is 17.3 Å². The maximum absolute atomic E-state index is 13.1. The summed E-state index contributed by atoms with van der Waals surface area (Å²) in [7, 11) is 0. The molecule has 0 aliphatic rings. The molecule has 1 aromatic carbocycles. The fourth-order valence-corrected chi connectivity index (χ4v) is 1.16. The van der Waals surface area contributed by atoms with Gasteiger partial charge in [0, 0.05) is 17.9 Å². The van der Waals surface area contributed by atoms with Crippen molar-refractivity contribution in [3.8, 4) is 0 Å². The molecule has 0 aliphatic carbocycles. The number of Topliss-reactive ketones (excluding diaryl/α,β-unsaturated/α-hetero) is 1. The van der Waals surface area contributed by atoms with E-state index in [0.29, 0.717) is 6.07 Å². The first-order chi connectivity index (χ1) is 6.56. The van der Waals surface area contributed by atoms with E-state index in [4.69, 9.17) is 11.6 Å². The summed E-state index contributed by atoms with van der Waals surface area (Å²) < 4.78 is 25.6. The average molecular weight is 219 g/mol. The van der Waals surface area contributed by atoms with Gasteiger partial charge >= 0.3 is 0 Å². The first kappa shape index (κ1) is 11.1. The molecule has 0 saturated carbocycles. The summed E-state index contributed by atoms with van der Waals surface area (Å²) in [6.07, 6.45) is 0. The third-order valence-electron chi connectivity index (χ3n) is 1.88. The van der Waals surface area contributed by atoms with Crippen molar-refractivity contribution in [3.63, 3.8) is 0 Å². The molecule has 0 spiro atoms. The fourth-order valence-electron chi connectivity index (χ4n) is 1.02. The molecular formula is C10H9ClF2O. The van der Waals surface area contributed by atoms with Crippen molar-refractivity contribution >= 4 is 17.4 Å². The van der Waals surface area contributed by atoms with Gasteiger partial charge in [-0.15, -0.1) is 11.6 Å². The van der Waals surface area contributed by atoms with Crippen LogP contribution in [0.5, 0.6) is 0 Å². The van der Waals surface area contributed by atoms with Gasteiger partial charge in [0.2, 0.25) is 0 Å². The van der Waals surface area contributed by atoms with E-state index >= 15 is 0 Å². The second-order valence-electron chi connectivity index (χ2n) is 3.04. The summed E-state index contributed by atoms with van der Waals surface area (Å²) >= 11 is 5.46. The Morgan fingerprint density at radius 3 is 2.64 bits per heavy atom. The number of carbonyl (C=O) groups is 1. The highest BCUT2D eigenvalue weighted by atomic mass is 35.5. The van der Waals surface area contributed by atoms with Crippen LogP contribution in [0, 0.1) is 17.6 Å². The second-order valence-corrected chi connectivity index (χ2v) is 3.35. The predicted octanol–water partition coefficient (Wildman–Crippen LogP) is 3.02. The van der Waals surface area contributed by atoms with Gasteiger partial charge in [-0.1, -0.05) is 6.92 Å². The minimum Gasteiger partial charge on any atom is -0.294 e. The summed E-state index contributed by atoms with van der Waals surface area (Å²) in [6.45, 7) is 1.60. The first-order valence-corrected chi connectivity index (χ1v) is 4.65. The first-order valence-electron chi connectivity index (χ1n) is 4.11. The van der Waals surface area contributed by atoms with Crippen molar-refractivity contribution < 1.29 is 13.6 Å². The zero-order valence-electron chi connectivity index (χ0n) is 7.56. The van der Waals surface area contributed by atoms with Crippen molar-refractivity contribution in [3.05, 3.63) is 35.4 Å². The van der Waals surface area contributed by atoms with Crippen molar-refractivity contribution in [1.82, 2.24) is 0 Å². The lowest BCUT2D eigenvalue weighted by molar-refractivity contribution is 0.0937. The van der Waals surface area contributed by atoms with E-state index in [-0.39, 0.29) is 11.4 Å². The quantitative estimate of drug-likeness (QED) is 0.563. The number of ketones is 1. The van der Waals surface area contributed by atoms with Gasteiger partial charge in [0.15, 0.2) is 5.78 Å². The van der Waals surface area contributed by atoms with Crippen molar-refractivity contribution in [2.75, 3.05) is 5.88 Å². The highest BCUT2D eigenvalue weighted by Crippen LogP contribution is 2.15. The molecule has 1 nitrogen and oxygen atoms in total. The zero-order valence-corrected chi connectivity index (χ0v) is 8.31. The number of hydrogen-bond donors (Lipinski definition) is 0. The summed E-state index contributed by atoms with van der Waals surface area (Å²) in [6, 6.07) is 2.88. The molecule has 1 rings (SSSR count). The van der Waals surface area contributed by atoms with Crippen LogP contribution >= 0.6 is 11.6 Å². The minimum absolute atomic E-state index is 0.112. The van der Waals surface area contributed by atoms with Crippen LogP contribution in [-0.2, 0) is 0 Å².